The van der Waals surface area contributed by atoms with Crippen molar-refractivity contribution >= 4 is 11.9 Å². The van der Waals surface area contributed by atoms with E-state index in [0.717, 1.165) is 5.56 Å². The molecule has 0 bridgehead atoms. The highest BCUT2D eigenvalue weighted by atomic mass is 16.6. The monoisotopic (exact) mass is 291 g/mol. The second kappa shape index (κ2) is 6.92. The van der Waals surface area contributed by atoms with Gasteiger partial charge in [0.2, 0.25) is 0 Å². The Labute approximate surface area is 124 Å². The van der Waals surface area contributed by atoms with E-state index in [1.165, 1.54) is 4.90 Å². The van der Waals surface area contributed by atoms with Gasteiger partial charge in [-0.15, -0.1) is 5.11 Å². The third-order valence-corrected chi connectivity index (χ3v) is 2.50. The van der Waals surface area contributed by atoms with Crippen LogP contribution in [0.2, 0.25) is 0 Å². The van der Waals surface area contributed by atoms with Gasteiger partial charge in [0.25, 0.3) is 0 Å². The van der Waals surface area contributed by atoms with Gasteiger partial charge in [0.15, 0.2) is 5.84 Å². The van der Waals surface area contributed by atoms with Crippen molar-refractivity contribution in [3.63, 3.8) is 0 Å². The van der Waals surface area contributed by atoms with Crippen LogP contribution in [0.25, 0.3) is 0 Å². The summed E-state index contributed by atoms with van der Waals surface area (Å²) >= 11 is 0. The summed E-state index contributed by atoms with van der Waals surface area (Å²) in [5, 5.41) is 3.34. The van der Waals surface area contributed by atoms with E-state index < -0.39 is 11.7 Å². The van der Waals surface area contributed by atoms with E-state index >= 15 is 0 Å². The van der Waals surface area contributed by atoms with Crippen LogP contribution in [0, 0.1) is 5.53 Å². The third-order valence-electron chi connectivity index (χ3n) is 2.50. The molecule has 0 aliphatic heterocycles. The molecule has 21 heavy (non-hydrogen) atoms. The maximum Gasteiger partial charge on any atom is 0.410 e. The molecule has 0 atom stereocenters. The standard InChI is InChI=1S/C14H21N5O2/c1-14(2,3)21-13(20)19(5)9-10-6-11(8-17-7-10)12(16-4)18-15/h6-8,15H,9H2,1-5H3. The largest absolute Gasteiger partial charge is 0.444 e. The minimum absolute atomic E-state index is 0.296. The highest BCUT2D eigenvalue weighted by Crippen LogP contribution is 2.12. The van der Waals surface area contributed by atoms with Crippen molar-refractivity contribution in [1.29, 1.82) is 5.53 Å². The molecule has 1 amide bonds. The quantitative estimate of drug-likeness (QED) is 0.527. The van der Waals surface area contributed by atoms with Gasteiger partial charge in [-0.2, -0.15) is 0 Å². The molecule has 0 unspecified atom stereocenters. The van der Waals surface area contributed by atoms with E-state index in [1.807, 2.05) is 20.8 Å². The van der Waals surface area contributed by atoms with Crippen molar-refractivity contribution in [3.8, 4) is 0 Å². The maximum atomic E-state index is 11.9. The van der Waals surface area contributed by atoms with Gasteiger partial charge >= 0.3 is 6.09 Å². The van der Waals surface area contributed by atoms with Gasteiger partial charge in [-0.25, -0.2) is 10.3 Å². The summed E-state index contributed by atoms with van der Waals surface area (Å²) in [6.45, 7) is 5.81. The number of pyridine rings is 1. The van der Waals surface area contributed by atoms with Crippen LogP contribution in [0.15, 0.2) is 28.6 Å². The van der Waals surface area contributed by atoms with Crippen LogP contribution < -0.4 is 0 Å². The van der Waals surface area contributed by atoms with Crippen molar-refractivity contribution in [2.45, 2.75) is 32.9 Å². The highest BCUT2D eigenvalue weighted by molar-refractivity contribution is 5.98. The molecule has 1 rings (SSSR count). The number of aliphatic imine (C=N–C) groups is 1. The van der Waals surface area contributed by atoms with E-state index in [0.29, 0.717) is 17.9 Å². The maximum absolute atomic E-state index is 11.9. The molecule has 0 spiro atoms. The first kappa shape index (κ1) is 16.7. The zero-order chi connectivity index (χ0) is 16.0. The number of carbonyl (C=O) groups excluding carboxylic acids is 1. The van der Waals surface area contributed by atoms with Crippen molar-refractivity contribution in [2.75, 3.05) is 14.1 Å². The number of amides is 1. The molecule has 0 aromatic carbocycles. The van der Waals surface area contributed by atoms with Crippen molar-refractivity contribution in [3.05, 3.63) is 29.6 Å². The number of amidine groups is 1. The fraction of sp³-hybridized carbons (Fsp3) is 0.500. The molecular formula is C14H21N5O2. The van der Waals surface area contributed by atoms with Gasteiger partial charge in [0.1, 0.15) is 5.60 Å². The van der Waals surface area contributed by atoms with E-state index in [4.69, 9.17) is 10.3 Å². The summed E-state index contributed by atoms with van der Waals surface area (Å²) in [7, 11) is 3.22. The van der Waals surface area contributed by atoms with E-state index in [-0.39, 0.29) is 0 Å². The van der Waals surface area contributed by atoms with Crippen LogP contribution in [-0.4, -0.2) is 41.5 Å². The Balaban J connectivity index is 2.82. The zero-order valence-corrected chi connectivity index (χ0v) is 13.0. The molecule has 1 heterocycles. The highest BCUT2D eigenvalue weighted by Gasteiger charge is 2.19. The molecule has 0 fully saturated rings. The number of hydrogen-bond donors (Lipinski definition) is 1. The molecule has 0 saturated carbocycles. The van der Waals surface area contributed by atoms with Gasteiger partial charge < -0.3 is 9.64 Å². The molecule has 1 aromatic heterocycles. The van der Waals surface area contributed by atoms with Gasteiger partial charge in [0.05, 0.1) is 6.54 Å². The predicted octanol–water partition coefficient (Wildman–Crippen LogP) is 2.86. The lowest BCUT2D eigenvalue weighted by Crippen LogP contribution is -2.33. The topological polar surface area (TPSA) is 91.0 Å². The number of hydrogen-bond acceptors (Lipinski definition) is 5. The first-order valence-electron chi connectivity index (χ1n) is 6.49. The van der Waals surface area contributed by atoms with Crippen LogP contribution in [-0.2, 0) is 11.3 Å². The fourth-order valence-corrected chi connectivity index (χ4v) is 1.62. The molecule has 114 valence electrons. The lowest BCUT2D eigenvalue weighted by molar-refractivity contribution is 0.0285. The molecule has 1 N–H and O–H groups in total. The van der Waals surface area contributed by atoms with E-state index in [9.17, 15) is 4.79 Å². The number of aromatic nitrogens is 1. The Morgan fingerprint density at radius 2 is 2.10 bits per heavy atom. The molecule has 1 aromatic rings. The lowest BCUT2D eigenvalue weighted by Gasteiger charge is -2.24. The minimum atomic E-state index is -0.530. The molecule has 0 aliphatic rings. The van der Waals surface area contributed by atoms with Crippen molar-refractivity contribution in [2.24, 2.45) is 10.1 Å². The van der Waals surface area contributed by atoms with Crippen LogP contribution in [0.4, 0.5) is 4.79 Å². The average Bonchev–Trinajstić information content (AvgIpc) is 2.38. The summed E-state index contributed by atoms with van der Waals surface area (Å²) in [6.07, 6.45) is 2.83. The first-order chi connectivity index (χ1) is 9.76. The fourth-order valence-electron chi connectivity index (χ4n) is 1.62. The second-order valence-electron chi connectivity index (χ2n) is 5.58. The summed E-state index contributed by atoms with van der Waals surface area (Å²) in [4.78, 5) is 21.4. The number of carbonyl (C=O) groups is 1. The van der Waals surface area contributed by atoms with Gasteiger partial charge in [-0.1, -0.05) is 0 Å². The normalized spacial score (nSPS) is 12.0. The number of rotatable bonds is 3. The average molecular weight is 291 g/mol. The summed E-state index contributed by atoms with van der Waals surface area (Å²) in [5.74, 6) is 0.296. The Bertz CT molecular complexity index is 549. The second-order valence-corrected chi connectivity index (χ2v) is 5.58. The predicted molar refractivity (Wildman–Crippen MR) is 79.5 cm³/mol. The van der Waals surface area contributed by atoms with Crippen LogP contribution in [0.3, 0.4) is 0 Å². The summed E-state index contributed by atoms with van der Waals surface area (Å²) in [5.41, 5.74) is 7.98. The van der Waals surface area contributed by atoms with Crippen molar-refractivity contribution in [1.82, 2.24) is 9.88 Å². The number of nitrogens with one attached hydrogen (secondary N) is 1. The van der Waals surface area contributed by atoms with Crippen LogP contribution >= 0.6 is 0 Å². The Morgan fingerprint density at radius 1 is 1.43 bits per heavy atom. The van der Waals surface area contributed by atoms with Gasteiger partial charge in [-0.3, -0.25) is 9.98 Å². The molecule has 7 nitrogen and oxygen atoms in total. The first-order valence-corrected chi connectivity index (χ1v) is 6.49. The van der Waals surface area contributed by atoms with Crippen LogP contribution in [0.1, 0.15) is 31.9 Å². The SMILES string of the molecule is CN=C(N=N)c1cncc(CN(C)C(=O)OC(C)(C)C)c1. The molecule has 0 aliphatic carbocycles. The number of ether oxygens (including phenoxy) is 1. The molecule has 0 radical (unpaired) electrons. The zero-order valence-electron chi connectivity index (χ0n) is 13.0. The smallest absolute Gasteiger partial charge is 0.410 e. The van der Waals surface area contributed by atoms with Gasteiger partial charge in [-0.05, 0) is 32.4 Å². The van der Waals surface area contributed by atoms with Crippen LogP contribution in [0.5, 0.6) is 0 Å². The van der Waals surface area contributed by atoms with E-state index in [1.54, 1.807) is 32.6 Å². The Hall–Kier alpha value is -2.31. The minimum Gasteiger partial charge on any atom is -0.444 e. The van der Waals surface area contributed by atoms with Crippen molar-refractivity contribution < 1.29 is 9.53 Å². The summed E-state index contributed by atoms with van der Waals surface area (Å²) < 4.78 is 5.29. The van der Waals surface area contributed by atoms with Gasteiger partial charge in [0, 0.05) is 32.1 Å². The lowest BCUT2D eigenvalue weighted by atomic mass is 10.2. The Morgan fingerprint density at radius 3 is 2.62 bits per heavy atom. The molecular weight excluding hydrogens is 270 g/mol. The molecule has 0 saturated heterocycles. The number of nitrogens with zero attached hydrogens (tertiary/aromatic N) is 4. The summed E-state index contributed by atoms with van der Waals surface area (Å²) in [6, 6.07) is 1.80. The Kier molecular flexibility index (Phi) is 5.52. The van der Waals surface area contributed by atoms with E-state index in [2.05, 4.69) is 15.1 Å². The molecule has 7 heteroatoms. The third kappa shape index (κ3) is 5.29.